The van der Waals surface area contributed by atoms with Crippen LogP contribution >= 0.6 is 11.6 Å². The fourth-order valence-electron chi connectivity index (χ4n) is 1.90. The molecule has 0 aliphatic heterocycles. The van der Waals surface area contributed by atoms with Gasteiger partial charge in [0.05, 0.1) is 0 Å². The minimum absolute atomic E-state index is 0.145. The third-order valence-corrected chi connectivity index (χ3v) is 3.89. The molecule has 0 heterocycles. The molecule has 0 aromatic heterocycles. The predicted molar refractivity (Wildman–Crippen MR) is 73.6 cm³/mol. The minimum Gasteiger partial charge on any atom is -0.508 e. The van der Waals surface area contributed by atoms with Gasteiger partial charge in [0.15, 0.2) is 0 Å². The van der Waals surface area contributed by atoms with Crippen LogP contribution in [0, 0.1) is 5.92 Å². The highest BCUT2D eigenvalue weighted by Crippen LogP contribution is 2.31. The van der Waals surface area contributed by atoms with E-state index in [1.807, 2.05) is 6.07 Å². The van der Waals surface area contributed by atoms with Gasteiger partial charge >= 0.3 is 0 Å². The smallest absolute Gasteiger partial charge is 0.120 e. The lowest BCUT2D eigenvalue weighted by molar-refractivity contribution is 0.156. The summed E-state index contributed by atoms with van der Waals surface area (Å²) in [6.45, 7) is 8.68. The lowest BCUT2D eigenvalue weighted by Crippen LogP contribution is -2.35. The van der Waals surface area contributed by atoms with Crippen LogP contribution in [0.25, 0.3) is 0 Å². The van der Waals surface area contributed by atoms with E-state index < -0.39 is 0 Å². The number of phenolic OH excluding ortho intramolecular Hbond substituents is 1. The second-order valence-electron chi connectivity index (χ2n) is 5.03. The van der Waals surface area contributed by atoms with Crippen molar-refractivity contribution in [3.63, 3.8) is 0 Å². The molecule has 2 atom stereocenters. The Morgan fingerprint density at radius 3 is 2.29 bits per heavy atom. The van der Waals surface area contributed by atoms with Gasteiger partial charge in [-0.25, -0.2) is 0 Å². The summed E-state index contributed by atoms with van der Waals surface area (Å²) >= 11 is 5.98. The van der Waals surface area contributed by atoms with Crippen LogP contribution in [0.5, 0.6) is 5.75 Å². The Balaban J connectivity index is 2.95. The molecule has 2 nitrogen and oxygen atoms in total. The first kappa shape index (κ1) is 14.3. The number of halogens is 1. The molecule has 1 N–H and O–H groups in total. The molecule has 1 rings (SSSR count). The van der Waals surface area contributed by atoms with Crippen molar-refractivity contribution in [2.75, 3.05) is 7.05 Å². The lowest BCUT2D eigenvalue weighted by atomic mass is 10.00. The van der Waals surface area contributed by atoms with E-state index in [9.17, 15) is 5.11 Å². The number of hydrogen-bond donors (Lipinski definition) is 1. The van der Waals surface area contributed by atoms with E-state index in [1.165, 1.54) is 0 Å². The topological polar surface area (TPSA) is 23.5 Å². The van der Waals surface area contributed by atoms with Crippen LogP contribution in [0.2, 0.25) is 5.02 Å². The van der Waals surface area contributed by atoms with Crippen LogP contribution in [0.3, 0.4) is 0 Å². The highest BCUT2D eigenvalue weighted by Gasteiger charge is 2.21. The normalized spacial score (nSPS) is 15.3. The Hall–Kier alpha value is -0.730. The summed E-state index contributed by atoms with van der Waals surface area (Å²) in [4.78, 5) is 2.26. The van der Waals surface area contributed by atoms with E-state index in [2.05, 4.69) is 39.6 Å². The van der Waals surface area contributed by atoms with E-state index in [0.29, 0.717) is 22.7 Å². The van der Waals surface area contributed by atoms with Crippen molar-refractivity contribution in [1.29, 1.82) is 0 Å². The average molecular weight is 256 g/mol. The predicted octanol–water partition coefficient (Wildman–Crippen LogP) is 4.08. The number of aromatic hydroxyl groups is 1. The first-order valence-corrected chi connectivity index (χ1v) is 6.42. The second-order valence-corrected chi connectivity index (χ2v) is 5.47. The Kier molecular flexibility index (Phi) is 4.84. The van der Waals surface area contributed by atoms with Gasteiger partial charge in [-0.05, 0) is 45.0 Å². The highest BCUT2D eigenvalue weighted by atomic mass is 35.5. The van der Waals surface area contributed by atoms with Gasteiger partial charge in [-0.15, -0.1) is 0 Å². The van der Waals surface area contributed by atoms with Crippen molar-refractivity contribution in [3.05, 3.63) is 28.8 Å². The molecule has 0 fully saturated rings. The van der Waals surface area contributed by atoms with Crippen LogP contribution in [0.15, 0.2) is 18.2 Å². The Bertz CT molecular complexity index is 378. The van der Waals surface area contributed by atoms with Gasteiger partial charge in [-0.2, -0.15) is 0 Å². The first-order chi connectivity index (χ1) is 7.84. The third-order valence-electron chi connectivity index (χ3n) is 3.66. The summed E-state index contributed by atoms with van der Waals surface area (Å²) in [6.07, 6.45) is 0. The van der Waals surface area contributed by atoms with Crippen LogP contribution in [0.4, 0.5) is 0 Å². The Morgan fingerprint density at radius 2 is 1.76 bits per heavy atom. The first-order valence-electron chi connectivity index (χ1n) is 6.05. The molecule has 0 saturated carbocycles. The molecule has 0 aliphatic rings. The Labute approximate surface area is 109 Å². The molecule has 0 bridgehead atoms. The van der Waals surface area contributed by atoms with Gasteiger partial charge in [0, 0.05) is 22.7 Å². The molecule has 1 aromatic carbocycles. The van der Waals surface area contributed by atoms with E-state index in [1.54, 1.807) is 12.1 Å². The van der Waals surface area contributed by atoms with E-state index in [-0.39, 0.29) is 6.04 Å². The Morgan fingerprint density at radius 1 is 1.18 bits per heavy atom. The molecule has 0 radical (unpaired) electrons. The summed E-state index contributed by atoms with van der Waals surface area (Å²) in [5, 5.41) is 10.6. The molecular formula is C14H22ClNO. The van der Waals surface area contributed by atoms with Crippen molar-refractivity contribution in [1.82, 2.24) is 4.90 Å². The highest BCUT2D eigenvalue weighted by molar-refractivity contribution is 6.30. The maximum absolute atomic E-state index is 9.89. The number of benzene rings is 1. The zero-order valence-electron chi connectivity index (χ0n) is 11.2. The van der Waals surface area contributed by atoms with Crippen molar-refractivity contribution in [2.45, 2.75) is 39.8 Å². The monoisotopic (exact) mass is 255 g/mol. The largest absolute Gasteiger partial charge is 0.508 e. The molecule has 0 spiro atoms. The van der Waals surface area contributed by atoms with Gasteiger partial charge in [0.25, 0.3) is 0 Å². The van der Waals surface area contributed by atoms with Gasteiger partial charge < -0.3 is 5.11 Å². The zero-order valence-corrected chi connectivity index (χ0v) is 12.0. The minimum atomic E-state index is 0.145. The molecule has 3 heteroatoms. The maximum Gasteiger partial charge on any atom is 0.120 e. The molecule has 0 saturated heterocycles. The van der Waals surface area contributed by atoms with Crippen LogP contribution in [-0.2, 0) is 0 Å². The number of rotatable bonds is 4. The van der Waals surface area contributed by atoms with Crippen molar-refractivity contribution < 1.29 is 5.11 Å². The van der Waals surface area contributed by atoms with Crippen molar-refractivity contribution >= 4 is 11.6 Å². The van der Waals surface area contributed by atoms with E-state index in [0.717, 1.165) is 5.56 Å². The number of hydrogen-bond acceptors (Lipinski definition) is 2. The lowest BCUT2D eigenvalue weighted by Gasteiger charge is -2.33. The molecule has 2 unspecified atom stereocenters. The van der Waals surface area contributed by atoms with E-state index >= 15 is 0 Å². The fourth-order valence-corrected chi connectivity index (χ4v) is 2.08. The van der Waals surface area contributed by atoms with Crippen LogP contribution < -0.4 is 0 Å². The zero-order chi connectivity index (χ0) is 13.2. The molecular weight excluding hydrogens is 234 g/mol. The van der Waals surface area contributed by atoms with Gasteiger partial charge in [0.1, 0.15) is 5.75 Å². The van der Waals surface area contributed by atoms with Crippen LogP contribution in [-0.4, -0.2) is 23.1 Å². The molecule has 96 valence electrons. The van der Waals surface area contributed by atoms with Crippen LogP contribution in [0.1, 0.15) is 39.3 Å². The van der Waals surface area contributed by atoms with Gasteiger partial charge in [-0.1, -0.05) is 25.4 Å². The fraction of sp³-hybridized carbons (Fsp3) is 0.571. The standard InChI is InChI=1S/C14H22ClNO/c1-9(2)10(3)16(5)11(4)13-8-12(15)6-7-14(13)17/h6-11,17H,1-5H3. The average Bonchev–Trinajstić information content (AvgIpc) is 2.29. The summed E-state index contributed by atoms with van der Waals surface area (Å²) in [7, 11) is 2.08. The third kappa shape index (κ3) is 3.36. The molecule has 0 amide bonds. The maximum atomic E-state index is 9.89. The summed E-state index contributed by atoms with van der Waals surface area (Å²) < 4.78 is 0. The molecule has 1 aromatic rings. The van der Waals surface area contributed by atoms with E-state index in [4.69, 9.17) is 11.6 Å². The second kappa shape index (κ2) is 5.74. The molecule has 0 aliphatic carbocycles. The van der Waals surface area contributed by atoms with Gasteiger partial charge in [0.2, 0.25) is 0 Å². The number of nitrogens with zero attached hydrogens (tertiary/aromatic N) is 1. The van der Waals surface area contributed by atoms with Crippen molar-refractivity contribution in [3.8, 4) is 5.75 Å². The quantitative estimate of drug-likeness (QED) is 0.876. The molecule has 17 heavy (non-hydrogen) atoms. The van der Waals surface area contributed by atoms with Gasteiger partial charge in [-0.3, -0.25) is 4.90 Å². The number of phenols is 1. The van der Waals surface area contributed by atoms with Crippen molar-refractivity contribution in [2.24, 2.45) is 5.92 Å². The summed E-state index contributed by atoms with van der Waals surface area (Å²) in [6, 6.07) is 5.79. The summed E-state index contributed by atoms with van der Waals surface area (Å²) in [5.74, 6) is 0.883. The SMILES string of the molecule is CC(C)C(C)N(C)C(C)c1cc(Cl)ccc1O. The summed E-state index contributed by atoms with van der Waals surface area (Å²) in [5.41, 5.74) is 0.882.